The molecule has 0 bridgehead atoms. The van der Waals surface area contributed by atoms with Gasteiger partial charge in [-0.05, 0) is 68.0 Å². The van der Waals surface area contributed by atoms with E-state index in [0.29, 0.717) is 12.2 Å². The van der Waals surface area contributed by atoms with Crippen molar-refractivity contribution in [1.82, 2.24) is 14.5 Å². The maximum atomic E-state index is 12.9. The first-order valence-corrected chi connectivity index (χ1v) is 11.0. The molecule has 0 radical (unpaired) electrons. The van der Waals surface area contributed by atoms with Crippen LogP contribution in [-0.4, -0.2) is 32.2 Å². The molecule has 0 saturated heterocycles. The molecule has 0 atom stereocenters. The number of hydrogen-bond acceptors (Lipinski definition) is 4. The predicted molar refractivity (Wildman–Crippen MR) is 127 cm³/mol. The smallest absolute Gasteiger partial charge is 0.300 e. The minimum atomic E-state index is -0.833. The number of carboxylic acids is 1. The van der Waals surface area contributed by atoms with Gasteiger partial charge >= 0.3 is 0 Å². The number of nitrogens with zero attached hydrogens (tertiary/aromatic N) is 2. The first kappa shape index (κ1) is 21.8. The topological polar surface area (TPSA) is 114 Å². The molecule has 0 amide bonds. The lowest BCUT2D eigenvalue weighted by atomic mass is 9.91. The van der Waals surface area contributed by atoms with E-state index in [0.717, 1.165) is 60.2 Å². The van der Waals surface area contributed by atoms with Gasteiger partial charge in [0.25, 0.3) is 11.5 Å². The number of fused-ring (bicyclic) bond motifs is 3. The standard InChI is InChI=1S/C23H24N4O.C2H4O2/c24-10-5-11-27-14-18(17-8-3-4-9-21(17)27)22-23(28)26-20-13-16-7-2-1-6-15(16)12-19(20)25-22;1-2(3)4/h3-4,8-9,12-14H,1-2,5-7,10-11,24H2,(H,26,28);1H3,(H,3,4). The molecule has 2 aromatic heterocycles. The molecule has 0 saturated carbocycles. The normalized spacial score (nSPS) is 12.9. The van der Waals surface area contributed by atoms with Gasteiger partial charge in [-0.1, -0.05) is 18.2 Å². The van der Waals surface area contributed by atoms with E-state index in [1.54, 1.807) is 0 Å². The maximum absolute atomic E-state index is 12.9. The van der Waals surface area contributed by atoms with Gasteiger partial charge in [0.15, 0.2) is 0 Å². The molecule has 4 N–H and O–H groups in total. The monoisotopic (exact) mass is 432 g/mol. The summed E-state index contributed by atoms with van der Waals surface area (Å²) < 4.78 is 2.18. The lowest BCUT2D eigenvalue weighted by molar-refractivity contribution is -0.134. The van der Waals surface area contributed by atoms with Gasteiger partial charge in [0, 0.05) is 36.1 Å². The number of hydrogen-bond donors (Lipinski definition) is 3. The Labute approximate surface area is 185 Å². The van der Waals surface area contributed by atoms with Gasteiger partial charge in [-0.25, -0.2) is 4.98 Å². The van der Waals surface area contributed by atoms with Gasteiger partial charge in [-0.15, -0.1) is 0 Å². The van der Waals surface area contributed by atoms with Crippen LogP contribution >= 0.6 is 0 Å². The van der Waals surface area contributed by atoms with Crippen LogP contribution in [-0.2, 0) is 24.2 Å². The molecule has 7 nitrogen and oxygen atoms in total. The number of aromatic nitrogens is 3. The number of carboxylic acid groups (broad SMARTS) is 1. The van der Waals surface area contributed by atoms with E-state index < -0.39 is 5.97 Å². The third-order valence-corrected chi connectivity index (χ3v) is 5.80. The van der Waals surface area contributed by atoms with Gasteiger partial charge in [0.05, 0.1) is 11.0 Å². The molecule has 0 fully saturated rings. The number of aromatic amines is 1. The van der Waals surface area contributed by atoms with Gasteiger partial charge in [0.1, 0.15) is 5.69 Å². The van der Waals surface area contributed by atoms with Gasteiger partial charge < -0.3 is 20.4 Å². The molecular formula is C25H28N4O3. The molecule has 4 aromatic rings. The van der Waals surface area contributed by atoms with Crippen LogP contribution in [0.25, 0.3) is 33.2 Å². The van der Waals surface area contributed by atoms with Crippen LogP contribution in [0.5, 0.6) is 0 Å². The first-order chi connectivity index (χ1) is 15.5. The molecule has 166 valence electrons. The van der Waals surface area contributed by atoms with Crippen LogP contribution < -0.4 is 11.3 Å². The summed E-state index contributed by atoms with van der Waals surface area (Å²) in [6.07, 6.45) is 7.57. The molecule has 1 aliphatic carbocycles. The maximum Gasteiger partial charge on any atom is 0.300 e. The Bertz CT molecular complexity index is 1330. The number of nitrogens with one attached hydrogen (secondary N) is 1. The van der Waals surface area contributed by atoms with Gasteiger partial charge in [0.2, 0.25) is 0 Å². The first-order valence-electron chi connectivity index (χ1n) is 11.0. The van der Waals surface area contributed by atoms with Crippen LogP contribution in [0, 0.1) is 0 Å². The van der Waals surface area contributed by atoms with E-state index in [9.17, 15) is 4.79 Å². The van der Waals surface area contributed by atoms with Crippen molar-refractivity contribution in [2.75, 3.05) is 6.54 Å². The van der Waals surface area contributed by atoms with E-state index in [2.05, 4.69) is 33.8 Å². The highest BCUT2D eigenvalue weighted by Crippen LogP contribution is 2.30. The lowest BCUT2D eigenvalue weighted by Gasteiger charge is -2.16. The van der Waals surface area contributed by atoms with Crippen molar-refractivity contribution in [3.05, 3.63) is 64.1 Å². The van der Waals surface area contributed by atoms with Crippen molar-refractivity contribution >= 4 is 27.9 Å². The Morgan fingerprint density at radius 3 is 2.59 bits per heavy atom. The summed E-state index contributed by atoms with van der Waals surface area (Å²) in [5.74, 6) is -0.833. The van der Waals surface area contributed by atoms with Crippen molar-refractivity contribution in [1.29, 1.82) is 0 Å². The zero-order chi connectivity index (χ0) is 22.7. The predicted octanol–water partition coefficient (Wildman–Crippen LogP) is 3.86. The zero-order valence-corrected chi connectivity index (χ0v) is 18.2. The highest BCUT2D eigenvalue weighted by Gasteiger charge is 2.17. The zero-order valence-electron chi connectivity index (χ0n) is 18.2. The fraction of sp³-hybridized carbons (Fsp3) is 0.320. The summed E-state index contributed by atoms with van der Waals surface area (Å²) in [7, 11) is 0. The van der Waals surface area contributed by atoms with E-state index in [1.165, 1.54) is 24.0 Å². The highest BCUT2D eigenvalue weighted by atomic mass is 16.4. The van der Waals surface area contributed by atoms with Crippen LogP contribution in [0.2, 0.25) is 0 Å². The largest absolute Gasteiger partial charge is 0.481 e. The van der Waals surface area contributed by atoms with E-state index in [4.69, 9.17) is 20.6 Å². The number of benzene rings is 2. The van der Waals surface area contributed by atoms with Crippen LogP contribution in [0.1, 0.15) is 37.3 Å². The Kier molecular flexibility index (Phi) is 6.37. The SMILES string of the molecule is CC(=O)O.NCCCn1cc(-c2nc3cc4c(cc3[nH]c2=O)CCCC4)c2ccccc21. The van der Waals surface area contributed by atoms with Crippen molar-refractivity contribution in [2.24, 2.45) is 5.73 Å². The minimum absolute atomic E-state index is 0.134. The second-order valence-corrected chi connectivity index (χ2v) is 8.17. The highest BCUT2D eigenvalue weighted by molar-refractivity contribution is 5.95. The fourth-order valence-corrected chi connectivity index (χ4v) is 4.38. The summed E-state index contributed by atoms with van der Waals surface area (Å²) >= 11 is 0. The average Bonchev–Trinajstić information content (AvgIpc) is 3.14. The molecule has 32 heavy (non-hydrogen) atoms. The fourth-order valence-electron chi connectivity index (χ4n) is 4.38. The molecule has 7 heteroatoms. The number of nitrogens with two attached hydrogens (primary N) is 1. The molecule has 1 aliphatic rings. The van der Waals surface area contributed by atoms with E-state index >= 15 is 0 Å². The number of H-pyrrole nitrogens is 1. The Balaban J connectivity index is 0.000000567. The average molecular weight is 433 g/mol. The number of aryl methyl sites for hydroxylation is 3. The third-order valence-electron chi connectivity index (χ3n) is 5.80. The van der Waals surface area contributed by atoms with Crippen molar-refractivity contribution in [3.8, 4) is 11.3 Å². The van der Waals surface area contributed by atoms with Crippen LogP contribution in [0.4, 0.5) is 0 Å². The lowest BCUT2D eigenvalue weighted by Crippen LogP contribution is -2.13. The summed E-state index contributed by atoms with van der Waals surface area (Å²) in [4.78, 5) is 29.8. The van der Waals surface area contributed by atoms with Crippen LogP contribution in [0.3, 0.4) is 0 Å². The van der Waals surface area contributed by atoms with Gasteiger partial charge in [-0.2, -0.15) is 0 Å². The molecule has 0 aliphatic heterocycles. The number of carbonyl (C=O) groups is 1. The molecule has 2 aromatic carbocycles. The molecule has 0 unspecified atom stereocenters. The van der Waals surface area contributed by atoms with E-state index in [1.807, 2.05) is 18.3 Å². The minimum Gasteiger partial charge on any atom is -0.481 e. The molecule has 5 rings (SSSR count). The molecular weight excluding hydrogens is 404 g/mol. The number of aliphatic carboxylic acids is 1. The Morgan fingerprint density at radius 2 is 1.88 bits per heavy atom. The van der Waals surface area contributed by atoms with Crippen LogP contribution in [0.15, 0.2) is 47.4 Å². The Morgan fingerprint density at radius 1 is 1.19 bits per heavy atom. The van der Waals surface area contributed by atoms with Gasteiger partial charge in [-0.3, -0.25) is 9.59 Å². The number of para-hydroxylation sites is 1. The second-order valence-electron chi connectivity index (χ2n) is 8.17. The summed E-state index contributed by atoms with van der Waals surface area (Å²) in [5.41, 5.74) is 12.5. The molecule has 0 spiro atoms. The Hall–Kier alpha value is -3.45. The molecule has 2 heterocycles. The third kappa shape index (κ3) is 4.43. The number of rotatable bonds is 4. The second kappa shape index (κ2) is 9.36. The van der Waals surface area contributed by atoms with Crippen molar-refractivity contribution < 1.29 is 9.90 Å². The van der Waals surface area contributed by atoms with Crippen molar-refractivity contribution in [3.63, 3.8) is 0 Å². The summed E-state index contributed by atoms with van der Waals surface area (Å²) in [5, 5.41) is 8.47. The summed E-state index contributed by atoms with van der Waals surface area (Å²) in [6, 6.07) is 12.5. The summed E-state index contributed by atoms with van der Waals surface area (Å²) in [6.45, 7) is 2.55. The van der Waals surface area contributed by atoms with E-state index in [-0.39, 0.29) is 5.56 Å². The quantitative estimate of drug-likeness (QED) is 0.453. The van der Waals surface area contributed by atoms with Crippen molar-refractivity contribution in [2.45, 2.75) is 45.6 Å².